The van der Waals surface area contributed by atoms with Gasteiger partial charge in [-0.05, 0) is 25.2 Å². The highest BCUT2D eigenvalue weighted by atomic mass is 32.1. The first-order valence-corrected chi connectivity index (χ1v) is 4.05. The first-order chi connectivity index (χ1) is 6.15. The molecule has 4 nitrogen and oxygen atoms in total. The quantitative estimate of drug-likeness (QED) is 0.353. The van der Waals surface area contributed by atoms with Gasteiger partial charge in [0, 0.05) is 0 Å². The Morgan fingerprint density at radius 2 is 1.77 bits per heavy atom. The average molecular weight is 196 g/mol. The standard InChI is InChI=1S/C8H8N2O2S/c1-2-3-4-5-6(11)9-8(13)10-7(5)12/h2-4H,1H3,(H2,9,10,11,12,13). The summed E-state index contributed by atoms with van der Waals surface area (Å²) >= 11 is 4.62. The van der Waals surface area contributed by atoms with E-state index in [9.17, 15) is 9.59 Å². The lowest BCUT2D eigenvalue weighted by molar-refractivity contribution is -0.123. The van der Waals surface area contributed by atoms with Crippen molar-refractivity contribution < 1.29 is 9.59 Å². The van der Waals surface area contributed by atoms with Gasteiger partial charge in [-0.15, -0.1) is 0 Å². The van der Waals surface area contributed by atoms with Crippen LogP contribution in [0.25, 0.3) is 0 Å². The lowest BCUT2D eigenvalue weighted by atomic mass is 10.2. The molecule has 0 radical (unpaired) electrons. The van der Waals surface area contributed by atoms with Gasteiger partial charge in [0.25, 0.3) is 11.8 Å². The monoisotopic (exact) mass is 196 g/mol. The molecule has 1 aliphatic rings. The summed E-state index contributed by atoms with van der Waals surface area (Å²) in [6, 6.07) is 0. The van der Waals surface area contributed by atoms with E-state index in [4.69, 9.17) is 0 Å². The van der Waals surface area contributed by atoms with Crippen LogP contribution in [0.1, 0.15) is 6.92 Å². The van der Waals surface area contributed by atoms with Gasteiger partial charge in [-0.2, -0.15) is 0 Å². The minimum absolute atomic E-state index is 0.0487. The molecular formula is C8H8N2O2S. The van der Waals surface area contributed by atoms with Crippen LogP contribution in [0.5, 0.6) is 0 Å². The van der Waals surface area contributed by atoms with Crippen LogP contribution in [0.3, 0.4) is 0 Å². The molecule has 0 bridgehead atoms. The van der Waals surface area contributed by atoms with Crippen molar-refractivity contribution in [2.24, 2.45) is 0 Å². The minimum atomic E-state index is -0.466. The number of thiocarbonyl (C=S) groups is 1. The molecular weight excluding hydrogens is 188 g/mol. The van der Waals surface area contributed by atoms with Crippen LogP contribution in [0.4, 0.5) is 0 Å². The number of carbonyl (C=O) groups is 2. The molecule has 5 heteroatoms. The zero-order valence-electron chi connectivity index (χ0n) is 6.96. The van der Waals surface area contributed by atoms with Crippen LogP contribution < -0.4 is 10.6 Å². The minimum Gasteiger partial charge on any atom is -0.299 e. The number of allylic oxidation sites excluding steroid dienone is 3. The maximum atomic E-state index is 11.2. The van der Waals surface area contributed by atoms with Crippen molar-refractivity contribution in [1.82, 2.24) is 10.6 Å². The Bertz CT molecular complexity index is 309. The van der Waals surface area contributed by atoms with Crippen molar-refractivity contribution in [1.29, 1.82) is 0 Å². The smallest absolute Gasteiger partial charge is 0.263 e. The Hall–Kier alpha value is -1.49. The Morgan fingerprint density at radius 3 is 2.23 bits per heavy atom. The summed E-state index contributed by atoms with van der Waals surface area (Å²) in [7, 11) is 0. The first-order valence-electron chi connectivity index (χ1n) is 3.65. The molecule has 0 atom stereocenters. The van der Waals surface area contributed by atoms with Gasteiger partial charge in [-0.25, -0.2) is 0 Å². The van der Waals surface area contributed by atoms with Gasteiger partial charge in [0.2, 0.25) is 0 Å². The van der Waals surface area contributed by atoms with E-state index in [1.807, 2.05) is 0 Å². The average Bonchev–Trinajstić information content (AvgIpc) is 2.02. The summed E-state index contributed by atoms with van der Waals surface area (Å²) in [5, 5.41) is 4.70. The van der Waals surface area contributed by atoms with Gasteiger partial charge in [-0.1, -0.05) is 12.2 Å². The van der Waals surface area contributed by atoms with Crippen LogP contribution in [0.2, 0.25) is 0 Å². The molecule has 13 heavy (non-hydrogen) atoms. The molecule has 0 spiro atoms. The van der Waals surface area contributed by atoms with Crippen LogP contribution in [-0.4, -0.2) is 16.9 Å². The Labute approximate surface area is 80.7 Å². The molecule has 0 unspecified atom stereocenters. The fourth-order valence-corrected chi connectivity index (χ4v) is 1.00. The second-order valence-corrected chi connectivity index (χ2v) is 2.75. The summed E-state index contributed by atoms with van der Waals surface area (Å²) in [5.74, 6) is -0.932. The van der Waals surface area contributed by atoms with Crippen LogP contribution in [0.15, 0.2) is 23.8 Å². The van der Waals surface area contributed by atoms with Gasteiger partial charge in [-0.3, -0.25) is 20.2 Å². The van der Waals surface area contributed by atoms with Crippen LogP contribution in [-0.2, 0) is 9.59 Å². The van der Waals surface area contributed by atoms with Crippen molar-refractivity contribution in [2.45, 2.75) is 6.92 Å². The summed E-state index contributed by atoms with van der Waals surface area (Å²) in [4.78, 5) is 22.3. The molecule has 68 valence electrons. The maximum Gasteiger partial charge on any atom is 0.263 e. The summed E-state index contributed by atoms with van der Waals surface area (Å²) < 4.78 is 0. The summed E-state index contributed by atoms with van der Waals surface area (Å²) in [5.41, 5.74) is 0.0618. The molecule has 1 heterocycles. The van der Waals surface area contributed by atoms with Crippen LogP contribution >= 0.6 is 12.2 Å². The van der Waals surface area contributed by atoms with Gasteiger partial charge in [0.05, 0.1) is 0 Å². The number of amides is 2. The zero-order chi connectivity index (χ0) is 9.84. The third-order valence-corrected chi connectivity index (χ3v) is 1.60. The molecule has 1 rings (SSSR count). The number of rotatable bonds is 1. The van der Waals surface area contributed by atoms with E-state index < -0.39 is 11.8 Å². The normalized spacial score (nSPS) is 17.3. The highest BCUT2D eigenvalue weighted by Gasteiger charge is 2.24. The molecule has 0 aromatic carbocycles. The Balaban J connectivity index is 2.91. The third-order valence-electron chi connectivity index (χ3n) is 1.40. The van der Waals surface area contributed by atoms with E-state index in [1.54, 1.807) is 19.1 Å². The second-order valence-electron chi connectivity index (χ2n) is 2.34. The fraction of sp³-hybridized carbons (Fsp3) is 0.125. The molecule has 0 aliphatic carbocycles. The van der Waals surface area contributed by atoms with Crippen molar-refractivity contribution in [3.63, 3.8) is 0 Å². The molecule has 1 fully saturated rings. The summed E-state index contributed by atoms with van der Waals surface area (Å²) in [6.45, 7) is 1.79. The molecule has 2 N–H and O–H groups in total. The number of nitrogens with one attached hydrogen (secondary N) is 2. The van der Waals surface area contributed by atoms with Gasteiger partial charge < -0.3 is 0 Å². The van der Waals surface area contributed by atoms with E-state index in [0.717, 1.165) is 0 Å². The van der Waals surface area contributed by atoms with Crippen molar-refractivity contribution in [3.05, 3.63) is 23.8 Å². The van der Waals surface area contributed by atoms with E-state index >= 15 is 0 Å². The molecule has 0 aromatic heterocycles. The predicted octanol–water partition coefficient (Wildman–Crippen LogP) is 0.0198. The molecule has 0 saturated carbocycles. The number of carbonyl (C=O) groups excluding carboxylic acids is 2. The third kappa shape index (κ3) is 2.22. The topological polar surface area (TPSA) is 58.2 Å². The van der Waals surface area contributed by atoms with Gasteiger partial charge >= 0.3 is 0 Å². The molecule has 1 saturated heterocycles. The molecule has 0 aromatic rings. The van der Waals surface area contributed by atoms with E-state index in [-0.39, 0.29) is 10.7 Å². The lowest BCUT2D eigenvalue weighted by Crippen LogP contribution is -2.51. The Kier molecular flexibility index (Phi) is 2.92. The highest BCUT2D eigenvalue weighted by Crippen LogP contribution is 2.00. The maximum absolute atomic E-state index is 11.2. The molecule has 1 aliphatic heterocycles. The van der Waals surface area contributed by atoms with Crippen molar-refractivity contribution >= 4 is 29.1 Å². The zero-order valence-corrected chi connectivity index (χ0v) is 7.77. The predicted molar refractivity (Wildman–Crippen MR) is 51.8 cm³/mol. The van der Waals surface area contributed by atoms with E-state index in [1.165, 1.54) is 6.08 Å². The lowest BCUT2D eigenvalue weighted by Gasteiger charge is -2.15. The number of hydrogen-bond acceptors (Lipinski definition) is 3. The van der Waals surface area contributed by atoms with Crippen molar-refractivity contribution in [3.8, 4) is 0 Å². The van der Waals surface area contributed by atoms with E-state index in [2.05, 4.69) is 22.9 Å². The summed E-state index contributed by atoms with van der Waals surface area (Å²) in [6.07, 6.45) is 4.77. The first kappa shape index (κ1) is 9.60. The van der Waals surface area contributed by atoms with Crippen LogP contribution in [0, 0.1) is 0 Å². The van der Waals surface area contributed by atoms with Gasteiger partial charge in [0.1, 0.15) is 5.57 Å². The fourth-order valence-electron chi connectivity index (χ4n) is 0.819. The SMILES string of the molecule is CC=CC=C1C(=O)NC(=S)NC1=O. The van der Waals surface area contributed by atoms with Crippen molar-refractivity contribution in [2.75, 3.05) is 0 Å². The number of hydrogen-bond donors (Lipinski definition) is 2. The Morgan fingerprint density at radius 1 is 1.23 bits per heavy atom. The largest absolute Gasteiger partial charge is 0.299 e. The van der Waals surface area contributed by atoms with Gasteiger partial charge in [0.15, 0.2) is 5.11 Å². The second kappa shape index (κ2) is 3.95. The highest BCUT2D eigenvalue weighted by molar-refractivity contribution is 7.80. The molecule has 2 amide bonds. The van der Waals surface area contributed by atoms with E-state index in [0.29, 0.717) is 0 Å².